The van der Waals surface area contributed by atoms with Crippen molar-refractivity contribution in [2.45, 2.75) is 26.2 Å². The average molecular weight is 237 g/mol. The van der Waals surface area contributed by atoms with Crippen LogP contribution in [0.4, 0.5) is 0 Å². The van der Waals surface area contributed by atoms with Crippen molar-refractivity contribution in [3.63, 3.8) is 0 Å². The lowest BCUT2D eigenvalue weighted by atomic mass is 9.99. The van der Waals surface area contributed by atoms with Gasteiger partial charge in [-0.05, 0) is 12.8 Å². The largest absolute Gasteiger partial charge is 0.343 e. The maximum absolute atomic E-state index is 11.8. The lowest BCUT2D eigenvalue weighted by Crippen LogP contribution is -2.46. The smallest absolute Gasteiger partial charge is 0.241 e. The average Bonchev–Trinajstić information content (AvgIpc) is 2.31. The summed E-state index contributed by atoms with van der Waals surface area (Å²) in [5.41, 5.74) is 0. The molecule has 0 aliphatic carbocycles. The van der Waals surface area contributed by atoms with Gasteiger partial charge >= 0.3 is 0 Å². The van der Waals surface area contributed by atoms with E-state index in [9.17, 15) is 9.59 Å². The van der Waals surface area contributed by atoms with E-state index in [-0.39, 0.29) is 24.3 Å². The van der Waals surface area contributed by atoms with Gasteiger partial charge in [-0.1, -0.05) is 6.92 Å². The standard InChI is InChI=1S/C12H19N3O2/c1-10-5-3-8-15(12(10)17)9-11(16)14(2)7-4-6-13/h10H,3-5,7-9H2,1-2H3. The molecule has 0 bridgehead atoms. The fourth-order valence-corrected chi connectivity index (χ4v) is 1.92. The van der Waals surface area contributed by atoms with E-state index < -0.39 is 0 Å². The summed E-state index contributed by atoms with van der Waals surface area (Å²) in [6.45, 7) is 3.14. The Bertz CT molecular complexity index is 335. The Hall–Kier alpha value is -1.57. The molecule has 0 aromatic carbocycles. The van der Waals surface area contributed by atoms with Crippen LogP contribution in [0.3, 0.4) is 0 Å². The predicted octanol–water partition coefficient (Wildman–Crippen LogP) is 0.617. The van der Waals surface area contributed by atoms with Crippen LogP contribution < -0.4 is 0 Å². The third kappa shape index (κ3) is 3.74. The van der Waals surface area contributed by atoms with Gasteiger partial charge in [-0.3, -0.25) is 9.59 Å². The lowest BCUT2D eigenvalue weighted by Gasteiger charge is -2.31. The first-order chi connectivity index (χ1) is 8.06. The van der Waals surface area contributed by atoms with Crippen LogP contribution in [0.5, 0.6) is 0 Å². The van der Waals surface area contributed by atoms with E-state index in [2.05, 4.69) is 0 Å². The minimum atomic E-state index is -0.0947. The van der Waals surface area contributed by atoms with Gasteiger partial charge in [-0.25, -0.2) is 0 Å². The molecule has 1 saturated heterocycles. The Morgan fingerprint density at radius 1 is 1.65 bits per heavy atom. The third-order valence-electron chi connectivity index (χ3n) is 3.11. The normalized spacial score (nSPS) is 19.9. The summed E-state index contributed by atoms with van der Waals surface area (Å²) in [6, 6.07) is 2.00. The second-order valence-corrected chi connectivity index (χ2v) is 4.53. The van der Waals surface area contributed by atoms with E-state index in [0.717, 1.165) is 12.8 Å². The maximum atomic E-state index is 11.8. The van der Waals surface area contributed by atoms with E-state index in [4.69, 9.17) is 5.26 Å². The molecule has 17 heavy (non-hydrogen) atoms. The lowest BCUT2D eigenvalue weighted by molar-refractivity contribution is -0.144. The Balaban J connectivity index is 2.45. The molecule has 0 spiro atoms. The first kappa shape index (κ1) is 13.5. The molecule has 0 saturated carbocycles. The van der Waals surface area contributed by atoms with Crippen LogP contribution in [0, 0.1) is 17.2 Å². The highest BCUT2D eigenvalue weighted by Crippen LogP contribution is 2.16. The Kier molecular flexibility index (Phi) is 4.95. The van der Waals surface area contributed by atoms with E-state index in [0.29, 0.717) is 19.5 Å². The monoisotopic (exact) mass is 237 g/mol. The molecule has 0 aromatic heterocycles. The van der Waals surface area contributed by atoms with Gasteiger partial charge in [0.1, 0.15) is 0 Å². The van der Waals surface area contributed by atoms with Crippen molar-refractivity contribution >= 4 is 11.8 Å². The van der Waals surface area contributed by atoms with Crippen LogP contribution in [0.15, 0.2) is 0 Å². The summed E-state index contributed by atoms with van der Waals surface area (Å²) in [5.74, 6) is 0.00180. The molecular formula is C12H19N3O2. The van der Waals surface area contributed by atoms with Gasteiger partial charge in [0.15, 0.2) is 0 Å². The van der Waals surface area contributed by atoms with Crippen molar-refractivity contribution in [3.05, 3.63) is 0 Å². The zero-order valence-electron chi connectivity index (χ0n) is 10.5. The third-order valence-corrected chi connectivity index (χ3v) is 3.11. The first-order valence-electron chi connectivity index (χ1n) is 5.96. The number of likely N-dealkylation sites (tertiary alicyclic amines) is 1. The van der Waals surface area contributed by atoms with E-state index >= 15 is 0 Å². The number of likely N-dealkylation sites (N-methyl/N-ethyl adjacent to an activating group) is 1. The van der Waals surface area contributed by atoms with Gasteiger partial charge in [0.05, 0.1) is 19.0 Å². The number of carbonyl (C=O) groups excluding carboxylic acids is 2. The first-order valence-corrected chi connectivity index (χ1v) is 5.96. The molecule has 5 nitrogen and oxygen atoms in total. The summed E-state index contributed by atoms with van der Waals surface area (Å²) >= 11 is 0. The number of amides is 2. The number of piperidine rings is 1. The Morgan fingerprint density at radius 2 is 2.35 bits per heavy atom. The van der Waals surface area contributed by atoms with Gasteiger partial charge in [-0.2, -0.15) is 5.26 Å². The maximum Gasteiger partial charge on any atom is 0.241 e. The van der Waals surface area contributed by atoms with Crippen LogP contribution >= 0.6 is 0 Å². The molecule has 5 heteroatoms. The topological polar surface area (TPSA) is 64.4 Å². The zero-order valence-corrected chi connectivity index (χ0v) is 10.5. The van der Waals surface area contributed by atoms with E-state index in [1.807, 2.05) is 13.0 Å². The SMILES string of the molecule is CC1CCCN(CC(=O)N(C)CCC#N)C1=O. The number of carbonyl (C=O) groups is 2. The van der Waals surface area contributed by atoms with Gasteiger partial charge < -0.3 is 9.80 Å². The molecule has 1 rings (SSSR count). The molecule has 0 radical (unpaired) electrons. The van der Waals surface area contributed by atoms with Crippen molar-refractivity contribution in [2.24, 2.45) is 5.92 Å². The molecule has 94 valence electrons. The van der Waals surface area contributed by atoms with E-state index in [1.165, 1.54) is 4.90 Å². The van der Waals surface area contributed by atoms with E-state index in [1.54, 1.807) is 11.9 Å². The zero-order chi connectivity index (χ0) is 12.8. The highest BCUT2D eigenvalue weighted by molar-refractivity contribution is 5.86. The highest BCUT2D eigenvalue weighted by Gasteiger charge is 2.27. The summed E-state index contributed by atoms with van der Waals surface area (Å²) in [5, 5.41) is 8.44. The quantitative estimate of drug-likeness (QED) is 0.720. The molecule has 1 atom stereocenters. The molecule has 1 aliphatic rings. The van der Waals surface area contributed by atoms with Crippen LogP contribution in [0.1, 0.15) is 26.2 Å². The predicted molar refractivity (Wildman–Crippen MR) is 62.8 cm³/mol. The van der Waals surface area contributed by atoms with Crippen molar-refractivity contribution in [3.8, 4) is 6.07 Å². The Labute approximate surface area is 102 Å². The van der Waals surface area contributed by atoms with Gasteiger partial charge in [0, 0.05) is 26.1 Å². The van der Waals surface area contributed by atoms with Crippen molar-refractivity contribution in [1.82, 2.24) is 9.80 Å². The second-order valence-electron chi connectivity index (χ2n) is 4.53. The van der Waals surface area contributed by atoms with Crippen molar-refractivity contribution in [1.29, 1.82) is 5.26 Å². The van der Waals surface area contributed by atoms with Crippen LogP contribution in [0.2, 0.25) is 0 Å². The van der Waals surface area contributed by atoms with Crippen molar-refractivity contribution in [2.75, 3.05) is 26.7 Å². The summed E-state index contributed by atoms with van der Waals surface area (Å²) in [4.78, 5) is 26.7. The molecule has 0 N–H and O–H groups in total. The van der Waals surface area contributed by atoms with Crippen LogP contribution in [-0.2, 0) is 9.59 Å². The van der Waals surface area contributed by atoms with Gasteiger partial charge in [-0.15, -0.1) is 0 Å². The van der Waals surface area contributed by atoms with Crippen LogP contribution in [-0.4, -0.2) is 48.3 Å². The van der Waals surface area contributed by atoms with Gasteiger partial charge in [0.25, 0.3) is 0 Å². The fourth-order valence-electron chi connectivity index (χ4n) is 1.92. The highest BCUT2D eigenvalue weighted by atomic mass is 16.2. The molecule has 1 heterocycles. The molecule has 0 aromatic rings. The van der Waals surface area contributed by atoms with Crippen molar-refractivity contribution < 1.29 is 9.59 Å². The number of hydrogen-bond acceptors (Lipinski definition) is 3. The fraction of sp³-hybridized carbons (Fsp3) is 0.750. The Morgan fingerprint density at radius 3 is 3.00 bits per heavy atom. The number of hydrogen-bond donors (Lipinski definition) is 0. The molecule has 1 unspecified atom stereocenters. The molecule has 1 aliphatic heterocycles. The summed E-state index contributed by atoms with van der Waals surface area (Å²) in [6.07, 6.45) is 2.20. The molecule has 2 amide bonds. The minimum Gasteiger partial charge on any atom is -0.343 e. The summed E-state index contributed by atoms with van der Waals surface area (Å²) < 4.78 is 0. The second kappa shape index (κ2) is 6.24. The minimum absolute atomic E-state index is 0.0287. The van der Waals surface area contributed by atoms with Crippen LogP contribution in [0.25, 0.3) is 0 Å². The molecule has 1 fully saturated rings. The number of nitriles is 1. The van der Waals surface area contributed by atoms with Gasteiger partial charge in [0.2, 0.25) is 11.8 Å². The number of rotatable bonds is 4. The number of nitrogens with zero attached hydrogens (tertiary/aromatic N) is 3. The molecular weight excluding hydrogens is 218 g/mol. The summed E-state index contributed by atoms with van der Waals surface area (Å²) in [7, 11) is 1.66.